The van der Waals surface area contributed by atoms with Crippen molar-refractivity contribution in [2.24, 2.45) is 0 Å². The number of ether oxygens (including phenoxy) is 2. The minimum atomic E-state index is -0.937. The molecular formula is C29H28F3N3O3S. The molecule has 1 unspecified atom stereocenters. The van der Waals surface area contributed by atoms with E-state index in [9.17, 15) is 18.0 Å². The van der Waals surface area contributed by atoms with Gasteiger partial charge in [-0.3, -0.25) is 4.79 Å². The summed E-state index contributed by atoms with van der Waals surface area (Å²) < 4.78 is 54.4. The van der Waals surface area contributed by atoms with Crippen LogP contribution in [0.4, 0.5) is 13.2 Å². The number of hydrogen-bond acceptors (Lipinski definition) is 6. The maximum atomic E-state index is 14.6. The summed E-state index contributed by atoms with van der Waals surface area (Å²) in [5.41, 5.74) is 1.71. The van der Waals surface area contributed by atoms with Crippen LogP contribution in [-0.4, -0.2) is 33.5 Å². The van der Waals surface area contributed by atoms with Gasteiger partial charge < -0.3 is 14.0 Å². The van der Waals surface area contributed by atoms with Gasteiger partial charge in [0.05, 0.1) is 32.1 Å². The van der Waals surface area contributed by atoms with E-state index < -0.39 is 17.2 Å². The van der Waals surface area contributed by atoms with Crippen LogP contribution in [0.5, 0.6) is 5.75 Å². The van der Waals surface area contributed by atoms with Crippen LogP contribution < -0.4 is 10.3 Å². The molecule has 0 saturated heterocycles. The molecule has 4 aromatic rings. The third kappa shape index (κ3) is 7.48. The molecule has 0 N–H and O–H groups in total. The van der Waals surface area contributed by atoms with Crippen LogP contribution in [0.25, 0.3) is 11.3 Å². The van der Waals surface area contributed by atoms with E-state index in [-0.39, 0.29) is 30.8 Å². The Balaban J connectivity index is 1.44. The molecule has 2 aromatic heterocycles. The van der Waals surface area contributed by atoms with Gasteiger partial charge in [0.2, 0.25) is 0 Å². The lowest BCUT2D eigenvalue weighted by Crippen LogP contribution is -2.23. The molecule has 10 heteroatoms. The Labute approximate surface area is 228 Å². The second-order valence-corrected chi connectivity index (χ2v) is 10.1. The highest BCUT2D eigenvalue weighted by Crippen LogP contribution is 2.24. The fourth-order valence-corrected chi connectivity index (χ4v) is 4.87. The van der Waals surface area contributed by atoms with Crippen molar-refractivity contribution < 1.29 is 22.6 Å². The van der Waals surface area contributed by atoms with E-state index >= 15 is 0 Å². The van der Waals surface area contributed by atoms with E-state index in [4.69, 9.17) is 9.47 Å². The molecule has 6 nitrogen and oxygen atoms in total. The third-order valence-corrected chi connectivity index (χ3v) is 6.86. The smallest absolute Gasteiger partial charge is 0.286 e. The molecule has 0 spiro atoms. The highest BCUT2D eigenvalue weighted by Gasteiger charge is 2.13. The summed E-state index contributed by atoms with van der Waals surface area (Å²) in [4.78, 5) is 21.5. The molecule has 4 rings (SSSR count). The van der Waals surface area contributed by atoms with E-state index in [1.807, 2.05) is 13.8 Å². The summed E-state index contributed by atoms with van der Waals surface area (Å²) in [6.07, 6.45) is 2.08. The van der Waals surface area contributed by atoms with Crippen LogP contribution >= 0.6 is 11.8 Å². The number of thioether (sulfide) groups is 1. The van der Waals surface area contributed by atoms with Crippen molar-refractivity contribution in [2.75, 3.05) is 12.9 Å². The van der Waals surface area contributed by atoms with Gasteiger partial charge in [-0.15, -0.1) is 0 Å². The number of pyridine rings is 1. The summed E-state index contributed by atoms with van der Waals surface area (Å²) in [6, 6.07) is 13.7. The highest BCUT2D eigenvalue weighted by molar-refractivity contribution is 7.99. The second kappa shape index (κ2) is 12.9. The predicted molar refractivity (Wildman–Crippen MR) is 144 cm³/mol. The maximum absolute atomic E-state index is 14.6. The van der Waals surface area contributed by atoms with Gasteiger partial charge in [-0.1, -0.05) is 36.0 Å². The monoisotopic (exact) mass is 555 g/mol. The summed E-state index contributed by atoms with van der Waals surface area (Å²) in [7, 11) is 1.36. The van der Waals surface area contributed by atoms with Crippen molar-refractivity contribution in [1.82, 2.24) is 14.5 Å². The SMILES string of the molecule is COc1ccc(Cn2cc(-c3cc(C)nc(SCCC(C)OCc4ccccc4F)n3)cc(F)c2=O)cc1F. The first kappa shape index (κ1) is 28.4. The molecule has 0 bridgehead atoms. The Morgan fingerprint density at radius 3 is 2.54 bits per heavy atom. The summed E-state index contributed by atoms with van der Waals surface area (Å²) in [6.45, 7) is 3.89. The molecule has 0 aliphatic carbocycles. The molecular weight excluding hydrogens is 527 g/mol. The first-order valence-electron chi connectivity index (χ1n) is 12.3. The topological polar surface area (TPSA) is 66.2 Å². The van der Waals surface area contributed by atoms with Crippen LogP contribution in [0.3, 0.4) is 0 Å². The molecule has 0 radical (unpaired) electrons. The first-order chi connectivity index (χ1) is 18.7. The lowest BCUT2D eigenvalue weighted by Gasteiger charge is -2.13. The van der Waals surface area contributed by atoms with Crippen LogP contribution in [0.2, 0.25) is 0 Å². The zero-order chi connectivity index (χ0) is 27.9. The Morgan fingerprint density at radius 2 is 1.79 bits per heavy atom. The Kier molecular flexibility index (Phi) is 9.42. The largest absolute Gasteiger partial charge is 0.494 e. The Morgan fingerprint density at radius 1 is 1.00 bits per heavy atom. The van der Waals surface area contributed by atoms with Crippen LogP contribution in [0.1, 0.15) is 30.2 Å². The fourth-order valence-electron chi connectivity index (χ4n) is 3.86. The normalized spacial score (nSPS) is 11.9. The van der Waals surface area contributed by atoms with Crippen molar-refractivity contribution in [2.45, 2.75) is 44.7 Å². The molecule has 204 valence electrons. The standard InChI is InChI=1S/C29H28F3N3O3S/c1-18-12-26(34-29(33-18)39-11-10-19(2)38-17-21-6-4-5-7-23(21)30)22-14-25(32)28(36)35(16-22)15-20-8-9-27(37-3)24(31)13-20/h4-9,12-14,16,19H,10-11,15,17H2,1-3H3. The van der Waals surface area contributed by atoms with Crippen molar-refractivity contribution in [3.63, 3.8) is 0 Å². The van der Waals surface area contributed by atoms with Crippen molar-refractivity contribution >= 4 is 11.8 Å². The second-order valence-electron chi connectivity index (χ2n) is 9.01. The van der Waals surface area contributed by atoms with Gasteiger partial charge in [0, 0.05) is 28.8 Å². The lowest BCUT2D eigenvalue weighted by molar-refractivity contribution is 0.0500. The zero-order valence-corrected chi connectivity index (χ0v) is 22.6. The van der Waals surface area contributed by atoms with Crippen molar-refractivity contribution in [1.29, 1.82) is 0 Å². The zero-order valence-electron chi connectivity index (χ0n) is 21.8. The Bertz CT molecular complexity index is 1510. The van der Waals surface area contributed by atoms with Crippen LogP contribution in [-0.2, 0) is 17.9 Å². The Hall–Kier alpha value is -3.63. The van der Waals surface area contributed by atoms with Gasteiger partial charge in [-0.25, -0.2) is 23.1 Å². The highest BCUT2D eigenvalue weighted by atomic mass is 32.2. The summed E-state index contributed by atoms with van der Waals surface area (Å²) in [5.74, 6) is -1.07. The van der Waals surface area contributed by atoms with E-state index in [0.717, 1.165) is 6.07 Å². The van der Waals surface area contributed by atoms with Gasteiger partial charge in [0.1, 0.15) is 5.82 Å². The molecule has 0 saturated carbocycles. The van der Waals surface area contributed by atoms with E-state index in [1.54, 1.807) is 30.3 Å². The maximum Gasteiger partial charge on any atom is 0.286 e. The lowest BCUT2D eigenvalue weighted by atomic mass is 10.1. The molecule has 0 fully saturated rings. The van der Waals surface area contributed by atoms with Gasteiger partial charge in [-0.05, 0) is 56.2 Å². The van der Waals surface area contributed by atoms with Crippen LogP contribution in [0.15, 0.2) is 70.7 Å². The van der Waals surface area contributed by atoms with Gasteiger partial charge in [-0.2, -0.15) is 0 Å². The predicted octanol–water partition coefficient (Wildman–Crippen LogP) is 6.18. The molecule has 2 heterocycles. The van der Waals surface area contributed by atoms with Gasteiger partial charge in [0.15, 0.2) is 22.5 Å². The summed E-state index contributed by atoms with van der Waals surface area (Å²) in [5, 5.41) is 0.502. The fraction of sp³-hybridized carbons (Fsp3) is 0.276. The minimum Gasteiger partial charge on any atom is -0.494 e. The third-order valence-electron chi connectivity index (χ3n) is 5.98. The average Bonchev–Trinajstić information content (AvgIpc) is 2.90. The number of methoxy groups -OCH3 is 1. The minimum absolute atomic E-state index is 0.0268. The first-order valence-corrected chi connectivity index (χ1v) is 13.3. The number of rotatable bonds is 11. The number of benzene rings is 2. The number of aryl methyl sites for hydroxylation is 1. The number of hydrogen-bond donors (Lipinski definition) is 0. The van der Waals surface area contributed by atoms with Gasteiger partial charge >= 0.3 is 0 Å². The quantitative estimate of drug-likeness (QED) is 0.163. The molecule has 1 atom stereocenters. The van der Waals surface area contributed by atoms with Crippen molar-refractivity contribution in [3.8, 4) is 17.0 Å². The summed E-state index contributed by atoms with van der Waals surface area (Å²) >= 11 is 1.42. The number of aromatic nitrogens is 3. The van der Waals surface area contributed by atoms with E-state index in [0.29, 0.717) is 45.4 Å². The molecule has 0 amide bonds. The van der Waals surface area contributed by atoms with E-state index in [2.05, 4.69) is 9.97 Å². The van der Waals surface area contributed by atoms with E-state index in [1.165, 1.54) is 47.8 Å². The molecule has 0 aliphatic heterocycles. The number of nitrogens with zero attached hydrogens (tertiary/aromatic N) is 3. The van der Waals surface area contributed by atoms with Crippen LogP contribution in [0, 0.1) is 24.4 Å². The number of halogens is 3. The molecule has 2 aromatic carbocycles. The average molecular weight is 556 g/mol. The molecule has 0 aliphatic rings. The molecule has 39 heavy (non-hydrogen) atoms. The van der Waals surface area contributed by atoms with Gasteiger partial charge in [0.25, 0.3) is 5.56 Å². The van der Waals surface area contributed by atoms with Crippen molar-refractivity contribution in [3.05, 3.63) is 105 Å².